The van der Waals surface area contributed by atoms with Gasteiger partial charge in [-0.15, -0.1) is 0 Å². The third kappa shape index (κ3) is 2.58. The molecule has 82 valence electrons. The van der Waals surface area contributed by atoms with Gasteiger partial charge < -0.3 is 5.32 Å². The largest absolute Gasteiger partial charge is 0.319 e. The number of aromatic nitrogens is 1. The normalized spacial score (nSPS) is 18.5. The zero-order valence-corrected chi connectivity index (χ0v) is 10.7. The highest BCUT2D eigenvalue weighted by Gasteiger charge is 2.36. The van der Waals surface area contributed by atoms with Crippen molar-refractivity contribution in [2.45, 2.75) is 25.7 Å². The van der Waals surface area contributed by atoms with Gasteiger partial charge in [-0.1, -0.05) is 6.42 Å². The first-order valence-corrected chi connectivity index (χ1v) is 6.28. The molecule has 1 N–H and O–H groups in total. The summed E-state index contributed by atoms with van der Waals surface area (Å²) in [7, 11) is 2.04. The maximum absolute atomic E-state index is 4.45. The summed E-state index contributed by atoms with van der Waals surface area (Å²) in [6.07, 6.45) is 7.05. The summed E-state index contributed by atoms with van der Waals surface area (Å²) in [5, 5.41) is 3.31. The molecule has 0 aromatic carbocycles. The van der Waals surface area contributed by atoms with Gasteiger partial charge in [-0.05, 0) is 59.8 Å². The molecule has 0 spiro atoms. The molecule has 1 aliphatic carbocycles. The number of rotatable bonds is 4. The Morgan fingerprint density at radius 2 is 2.27 bits per heavy atom. The van der Waals surface area contributed by atoms with E-state index < -0.39 is 0 Å². The van der Waals surface area contributed by atoms with Gasteiger partial charge in [-0.3, -0.25) is 4.98 Å². The molecule has 0 atom stereocenters. The van der Waals surface area contributed by atoms with Crippen LogP contribution in [0.3, 0.4) is 0 Å². The van der Waals surface area contributed by atoms with Crippen LogP contribution in [0.4, 0.5) is 0 Å². The highest BCUT2D eigenvalue weighted by molar-refractivity contribution is 9.10. The quantitative estimate of drug-likeness (QED) is 0.909. The topological polar surface area (TPSA) is 24.9 Å². The summed E-state index contributed by atoms with van der Waals surface area (Å²) in [6.45, 7) is 1.12. The minimum absolute atomic E-state index is 0.482. The van der Waals surface area contributed by atoms with Crippen LogP contribution in [0.1, 0.15) is 25.0 Å². The van der Waals surface area contributed by atoms with Gasteiger partial charge in [0.05, 0.1) is 0 Å². The van der Waals surface area contributed by atoms with Crippen LogP contribution in [-0.2, 0) is 6.42 Å². The smallest absolute Gasteiger partial charge is 0.0413 e. The molecule has 1 heterocycles. The summed E-state index contributed by atoms with van der Waals surface area (Å²) in [4.78, 5) is 4.45. The minimum atomic E-state index is 0.482. The van der Waals surface area contributed by atoms with E-state index in [1.165, 1.54) is 25.0 Å². The number of nitrogens with zero attached hydrogens (tertiary/aromatic N) is 1. The third-order valence-electron chi connectivity index (χ3n) is 3.31. The molecule has 0 aliphatic heterocycles. The first-order chi connectivity index (χ1) is 7.24. The Morgan fingerprint density at radius 1 is 1.47 bits per heavy atom. The highest BCUT2D eigenvalue weighted by Crippen LogP contribution is 2.42. The third-order valence-corrected chi connectivity index (χ3v) is 3.78. The lowest BCUT2D eigenvalue weighted by Crippen LogP contribution is -2.40. The lowest BCUT2D eigenvalue weighted by atomic mass is 9.66. The fraction of sp³-hybridized carbons (Fsp3) is 0.583. The van der Waals surface area contributed by atoms with Crippen molar-refractivity contribution < 1.29 is 0 Å². The first kappa shape index (κ1) is 11.1. The summed E-state index contributed by atoms with van der Waals surface area (Å²) >= 11 is 3.41. The molecule has 0 radical (unpaired) electrons. The Kier molecular flexibility index (Phi) is 3.42. The number of nitrogens with one attached hydrogen (secondary N) is 1. The molecule has 15 heavy (non-hydrogen) atoms. The van der Waals surface area contributed by atoms with Crippen LogP contribution in [0.2, 0.25) is 0 Å². The zero-order chi connectivity index (χ0) is 10.7. The minimum Gasteiger partial charge on any atom is -0.319 e. The van der Waals surface area contributed by atoms with Crippen LogP contribution < -0.4 is 5.32 Å². The van der Waals surface area contributed by atoms with Gasteiger partial charge >= 0.3 is 0 Å². The Hall–Kier alpha value is -0.410. The van der Waals surface area contributed by atoms with Crippen molar-refractivity contribution in [3.05, 3.63) is 28.5 Å². The van der Waals surface area contributed by atoms with Gasteiger partial charge in [0.25, 0.3) is 0 Å². The van der Waals surface area contributed by atoms with Crippen molar-refractivity contribution in [3.63, 3.8) is 0 Å². The predicted octanol–water partition coefficient (Wildman–Crippen LogP) is 2.78. The summed E-state index contributed by atoms with van der Waals surface area (Å²) in [5.41, 5.74) is 1.70. The lowest BCUT2D eigenvalue weighted by molar-refractivity contribution is 0.132. The van der Waals surface area contributed by atoms with Crippen LogP contribution in [0, 0.1) is 5.41 Å². The van der Waals surface area contributed by atoms with Crippen molar-refractivity contribution in [1.29, 1.82) is 0 Å². The molecule has 0 amide bonds. The van der Waals surface area contributed by atoms with Gasteiger partial charge in [0.15, 0.2) is 0 Å². The molecule has 0 saturated heterocycles. The van der Waals surface area contributed by atoms with E-state index in [-0.39, 0.29) is 0 Å². The maximum Gasteiger partial charge on any atom is 0.0413 e. The van der Waals surface area contributed by atoms with Gasteiger partial charge in [-0.2, -0.15) is 0 Å². The fourth-order valence-corrected chi connectivity index (χ4v) is 2.60. The molecule has 1 aliphatic rings. The molecule has 0 bridgehead atoms. The molecule has 1 aromatic rings. The second kappa shape index (κ2) is 4.62. The molecule has 1 fully saturated rings. The van der Waals surface area contributed by atoms with Crippen LogP contribution >= 0.6 is 15.9 Å². The van der Waals surface area contributed by atoms with Crippen molar-refractivity contribution in [3.8, 4) is 0 Å². The first-order valence-electron chi connectivity index (χ1n) is 5.49. The van der Waals surface area contributed by atoms with Crippen LogP contribution in [0.15, 0.2) is 22.8 Å². The fourth-order valence-electron chi connectivity index (χ4n) is 2.36. The molecule has 2 nitrogen and oxygen atoms in total. The second-order valence-electron chi connectivity index (χ2n) is 4.53. The van der Waals surface area contributed by atoms with E-state index in [9.17, 15) is 0 Å². The Bertz CT molecular complexity index is 317. The van der Waals surface area contributed by atoms with E-state index in [0.717, 1.165) is 17.4 Å². The molecule has 3 heteroatoms. The highest BCUT2D eigenvalue weighted by atomic mass is 79.9. The van der Waals surface area contributed by atoms with Crippen molar-refractivity contribution >= 4 is 15.9 Å². The molecule has 1 aromatic heterocycles. The molecule has 2 rings (SSSR count). The summed E-state index contributed by atoms with van der Waals surface area (Å²) in [6, 6.07) is 4.20. The molecule has 0 unspecified atom stereocenters. The van der Waals surface area contributed by atoms with E-state index >= 15 is 0 Å². The van der Waals surface area contributed by atoms with Crippen LogP contribution in [-0.4, -0.2) is 18.6 Å². The van der Waals surface area contributed by atoms with Crippen molar-refractivity contribution in [2.24, 2.45) is 5.41 Å². The molecular weight excluding hydrogens is 252 g/mol. The molecular formula is C12H17BrN2. The van der Waals surface area contributed by atoms with Gasteiger partial charge in [-0.25, -0.2) is 0 Å². The average molecular weight is 269 g/mol. The van der Waals surface area contributed by atoms with E-state index in [4.69, 9.17) is 0 Å². The van der Waals surface area contributed by atoms with Crippen molar-refractivity contribution in [1.82, 2.24) is 10.3 Å². The van der Waals surface area contributed by atoms with E-state index in [1.54, 1.807) is 0 Å². The van der Waals surface area contributed by atoms with Gasteiger partial charge in [0, 0.05) is 22.9 Å². The maximum atomic E-state index is 4.45. The van der Waals surface area contributed by atoms with Crippen molar-refractivity contribution in [2.75, 3.05) is 13.6 Å². The van der Waals surface area contributed by atoms with Gasteiger partial charge in [0.2, 0.25) is 0 Å². The number of hydrogen-bond acceptors (Lipinski definition) is 2. The lowest BCUT2D eigenvalue weighted by Gasteiger charge is -2.41. The standard InChI is InChI=1S/C12H17BrN2/c1-14-9-12(5-2-6-12)7-11-4-3-10(13)8-15-11/h3-4,8,14H,2,5-7,9H2,1H3. The predicted molar refractivity (Wildman–Crippen MR) is 65.9 cm³/mol. The number of pyridine rings is 1. The summed E-state index contributed by atoms with van der Waals surface area (Å²) < 4.78 is 1.06. The van der Waals surface area contributed by atoms with Gasteiger partial charge in [0.1, 0.15) is 0 Å². The monoisotopic (exact) mass is 268 g/mol. The Morgan fingerprint density at radius 3 is 2.73 bits per heavy atom. The van der Waals surface area contributed by atoms with E-state index in [1.807, 2.05) is 13.2 Å². The van der Waals surface area contributed by atoms with Crippen LogP contribution in [0.5, 0.6) is 0 Å². The Labute approximate surface area is 99.6 Å². The zero-order valence-electron chi connectivity index (χ0n) is 9.09. The average Bonchev–Trinajstić information content (AvgIpc) is 2.18. The second-order valence-corrected chi connectivity index (χ2v) is 5.44. The number of hydrogen-bond donors (Lipinski definition) is 1. The Balaban J connectivity index is 2.03. The molecule has 1 saturated carbocycles. The van der Waals surface area contributed by atoms with Crippen LogP contribution in [0.25, 0.3) is 0 Å². The van der Waals surface area contributed by atoms with E-state index in [0.29, 0.717) is 5.41 Å². The SMILES string of the molecule is CNCC1(Cc2ccc(Br)cn2)CCC1. The number of halogens is 1. The summed E-state index contributed by atoms with van der Waals surface area (Å²) in [5.74, 6) is 0. The van der Waals surface area contributed by atoms with E-state index in [2.05, 4.69) is 38.4 Å².